The molecule has 0 aromatic carbocycles. The molecule has 0 saturated heterocycles. The predicted octanol–water partition coefficient (Wildman–Crippen LogP) is 4.06. The maximum atomic E-state index is 12.6. The van der Waals surface area contributed by atoms with Crippen LogP contribution in [0.15, 0.2) is 22.9 Å². The largest absolute Gasteiger partial charge is 0.377 e. The number of alkyl halides is 1. The van der Waals surface area contributed by atoms with Crippen LogP contribution in [0.5, 0.6) is 0 Å². The number of carbonyl (C=O) groups is 1. The van der Waals surface area contributed by atoms with E-state index in [1.165, 1.54) is 5.57 Å². The molecule has 0 amide bonds. The molecule has 0 radical (unpaired) electrons. The van der Waals surface area contributed by atoms with E-state index in [2.05, 4.69) is 37.5 Å². The molecule has 2 nitrogen and oxygen atoms in total. The van der Waals surface area contributed by atoms with E-state index in [1.54, 1.807) is 0 Å². The van der Waals surface area contributed by atoms with Crippen LogP contribution in [-0.4, -0.2) is 38.2 Å². The van der Waals surface area contributed by atoms with Crippen LogP contribution >= 0.6 is 11.6 Å². The molecule has 0 bridgehead atoms. The SMILES string of the molecule is CCC1CC2=C(C1=O)C(N(C)C)=CC([Si](C)(C)C)C2Cl. The third-order valence-electron chi connectivity index (χ3n) is 4.62. The first-order valence-electron chi connectivity index (χ1n) is 7.49. The summed E-state index contributed by atoms with van der Waals surface area (Å²) in [5, 5.41) is 0.0147. The van der Waals surface area contributed by atoms with Gasteiger partial charge in [-0.05, 0) is 24.0 Å². The van der Waals surface area contributed by atoms with Crippen molar-refractivity contribution in [3.8, 4) is 0 Å². The average molecular weight is 312 g/mol. The second-order valence-electron chi connectivity index (χ2n) is 7.31. The number of nitrogens with zero attached hydrogens (tertiary/aromatic N) is 1. The molecular formula is C16H26ClNOSi. The van der Waals surface area contributed by atoms with Crippen molar-refractivity contribution in [1.29, 1.82) is 0 Å². The number of allylic oxidation sites excluding steroid dienone is 3. The van der Waals surface area contributed by atoms with Crippen LogP contribution in [0.1, 0.15) is 19.8 Å². The number of Topliss-reactive ketones (excluding diaryl/α,β-unsaturated/α-hetero) is 1. The van der Waals surface area contributed by atoms with Gasteiger partial charge in [0.1, 0.15) is 0 Å². The summed E-state index contributed by atoms with van der Waals surface area (Å²) in [5.74, 6) is 0.451. The minimum absolute atomic E-state index is 0.0147. The van der Waals surface area contributed by atoms with Crippen LogP contribution < -0.4 is 0 Å². The number of likely N-dealkylation sites (N-methyl/N-ethyl adjacent to an activating group) is 1. The summed E-state index contributed by atoms with van der Waals surface area (Å²) in [6.07, 6.45) is 4.05. The zero-order chi connectivity index (χ0) is 15.2. The van der Waals surface area contributed by atoms with Gasteiger partial charge < -0.3 is 4.90 Å². The molecule has 3 unspecified atom stereocenters. The zero-order valence-corrected chi connectivity index (χ0v) is 15.2. The molecule has 0 spiro atoms. The number of hydrogen-bond donors (Lipinski definition) is 0. The highest BCUT2D eigenvalue weighted by molar-refractivity contribution is 6.79. The van der Waals surface area contributed by atoms with Crippen molar-refractivity contribution in [3.05, 3.63) is 22.9 Å². The Bertz CT molecular complexity index is 487. The highest BCUT2D eigenvalue weighted by Crippen LogP contribution is 2.48. The van der Waals surface area contributed by atoms with Gasteiger partial charge in [0.2, 0.25) is 0 Å². The highest BCUT2D eigenvalue weighted by Gasteiger charge is 2.45. The number of hydrogen-bond acceptors (Lipinski definition) is 2. The van der Waals surface area contributed by atoms with E-state index in [9.17, 15) is 4.79 Å². The lowest BCUT2D eigenvalue weighted by Crippen LogP contribution is -2.37. The molecule has 0 N–H and O–H groups in total. The Kier molecular flexibility index (Phi) is 4.23. The molecular weight excluding hydrogens is 286 g/mol. The van der Waals surface area contributed by atoms with Crippen molar-refractivity contribution in [1.82, 2.24) is 4.90 Å². The summed E-state index contributed by atoms with van der Waals surface area (Å²) in [4.78, 5) is 14.7. The fourth-order valence-corrected chi connectivity index (χ4v) is 6.45. The van der Waals surface area contributed by atoms with Gasteiger partial charge in [0.05, 0.1) is 13.5 Å². The van der Waals surface area contributed by atoms with Gasteiger partial charge in [0.15, 0.2) is 5.78 Å². The lowest BCUT2D eigenvalue weighted by Gasteiger charge is -2.37. The van der Waals surface area contributed by atoms with Gasteiger partial charge >= 0.3 is 0 Å². The van der Waals surface area contributed by atoms with E-state index in [1.807, 2.05) is 14.1 Å². The van der Waals surface area contributed by atoms with Crippen molar-refractivity contribution in [2.24, 2.45) is 5.92 Å². The van der Waals surface area contributed by atoms with Crippen LogP contribution in [0.25, 0.3) is 0 Å². The van der Waals surface area contributed by atoms with Crippen molar-refractivity contribution < 1.29 is 4.79 Å². The zero-order valence-electron chi connectivity index (χ0n) is 13.5. The first-order valence-corrected chi connectivity index (χ1v) is 11.5. The Morgan fingerprint density at radius 2 is 1.95 bits per heavy atom. The summed E-state index contributed by atoms with van der Waals surface area (Å²) in [7, 11) is 2.65. The molecule has 0 saturated carbocycles. The Morgan fingerprint density at radius 3 is 2.40 bits per heavy atom. The van der Waals surface area contributed by atoms with E-state index in [0.717, 1.165) is 24.1 Å². The predicted molar refractivity (Wildman–Crippen MR) is 88.9 cm³/mol. The van der Waals surface area contributed by atoms with Gasteiger partial charge in [-0.15, -0.1) is 11.6 Å². The van der Waals surface area contributed by atoms with Gasteiger partial charge in [-0.2, -0.15) is 0 Å². The Labute approximate surface area is 128 Å². The molecule has 3 atom stereocenters. The molecule has 4 heteroatoms. The minimum atomic E-state index is -1.40. The van der Waals surface area contributed by atoms with Crippen molar-refractivity contribution in [2.45, 2.75) is 50.3 Å². The molecule has 112 valence electrons. The van der Waals surface area contributed by atoms with Crippen LogP contribution in [-0.2, 0) is 4.79 Å². The van der Waals surface area contributed by atoms with Crippen LogP contribution in [0.4, 0.5) is 0 Å². The smallest absolute Gasteiger partial charge is 0.168 e. The second kappa shape index (κ2) is 5.34. The van der Waals surface area contributed by atoms with Crippen LogP contribution in [0, 0.1) is 5.92 Å². The molecule has 2 rings (SSSR count). The number of ketones is 1. The van der Waals surface area contributed by atoms with E-state index in [4.69, 9.17) is 11.6 Å². The van der Waals surface area contributed by atoms with Crippen molar-refractivity contribution in [2.75, 3.05) is 14.1 Å². The van der Waals surface area contributed by atoms with E-state index in [-0.39, 0.29) is 11.3 Å². The Morgan fingerprint density at radius 1 is 1.35 bits per heavy atom. The van der Waals surface area contributed by atoms with Crippen molar-refractivity contribution in [3.63, 3.8) is 0 Å². The maximum absolute atomic E-state index is 12.6. The third-order valence-corrected chi connectivity index (χ3v) is 7.87. The summed E-state index contributed by atoms with van der Waals surface area (Å²) >= 11 is 6.79. The number of halogens is 1. The monoisotopic (exact) mass is 311 g/mol. The van der Waals surface area contributed by atoms with E-state index < -0.39 is 8.07 Å². The van der Waals surface area contributed by atoms with Crippen molar-refractivity contribution >= 4 is 25.5 Å². The fraction of sp³-hybridized carbons (Fsp3) is 0.688. The summed E-state index contributed by atoms with van der Waals surface area (Å²) in [5.41, 5.74) is 3.65. The fourth-order valence-electron chi connectivity index (χ4n) is 3.31. The standard InChI is InChI=1S/C16H26ClNOSi/c1-7-10-8-11-14(16(10)19)12(18(2)3)9-13(15(11)17)20(4,5)6/h9-10,13,15H,7-8H2,1-6H3. The van der Waals surface area contributed by atoms with Gasteiger partial charge in [0, 0.05) is 31.3 Å². The maximum Gasteiger partial charge on any atom is 0.168 e. The minimum Gasteiger partial charge on any atom is -0.377 e. The Balaban J connectivity index is 2.50. The van der Waals surface area contributed by atoms with Gasteiger partial charge in [0.25, 0.3) is 0 Å². The summed E-state index contributed by atoms with van der Waals surface area (Å²) < 4.78 is 0. The first kappa shape index (κ1) is 15.8. The van der Waals surface area contributed by atoms with Gasteiger partial charge in [-0.25, -0.2) is 0 Å². The van der Waals surface area contributed by atoms with Crippen LogP contribution in [0.2, 0.25) is 25.2 Å². The van der Waals surface area contributed by atoms with Gasteiger partial charge in [-0.1, -0.05) is 32.6 Å². The average Bonchev–Trinajstić information content (AvgIpc) is 2.66. The molecule has 0 aliphatic heterocycles. The normalized spacial score (nSPS) is 30.4. The molecule has 0 heterocycles. The van der Waals surface area contributed by atoms with Gasteiger partial charge in [-0.3, -0.25) is 4.79 Å². The second-order valence-corrected chi connectivity index (χ2v) is 13.2. The summed E-state index contributed by atoms with van der Waals surface area (Å²) in [6, 6.07) is 0. The first-order chi connectivity index (χ1) is 9.18. The molecule has 0 fully saturated rings. The topological polar surface area (TPSA) is 20.3 Å². The molecule has 2 aliphatic carbocycles. The molecule has 0 aromatic rings. The number of carbonyl (C=O) groups excluding carboxylic acids is 1. The highest BCUT2D eigenvalue weighted by atomic mass is 35.5. The van der Waals surface area contributed by atoms with E-state index in [0.29, 0.717) is 11.3 Å². The summed E-state index contributed by atoms with van der Waals surface area (Å²) in [6.45, 7) is 9.17. The lowest BCUT2D eigenvalue weighted by molar-refractivity contribution is -0.118. The quantitative estimate of drug-likeness (QED) is 0.579. The lowest BCUT2D eigenvalue weighted by atomic mass is 9.95. The third kappa shape index (κ3) is 2.50. The molecule has 0 aromatic heterocycles. The Hall–Kier alpha value is -0.543. The van der Waals surface area contributed by atoms with Crippen LogP contribution in [0.3, 0.4) is 0 Å². The molecule has 2 aliphatic rings. The molecule has 20 heavy (non-hydrogen) atoms. The van der Waals surface area contributed by atoms with E-state index >= 15 is 0 Å². The number of rotatable bonds is 3.